The number of carbonyl (C=O) groups is 3. The molecule has 0 bridgehead atoms. The summed E-state index contributed by atoms with van der Waals surface area (Å²) in [6.07, 6.45) is 4.00. The van der Waals surface area contributed by atoms with Crippen LogP contribution in [0.3, 0.4) is 0 Å². The van der Waals surface area contributed by atoms with Gasteiger partial charge in [-0.1, -0.05) is 0 Å². The number of aromatic nitrogens is 3. The number of nitrogens with one attached hydrogen (secondary N) is 3. The lowest BCUT2D eigenvalue weighted by atomic mass is 9.87. The number of rotatable bonds is 2. The highest BCUT2D eigenvalue weighted by molar-refractivity contribution is 6.07. The average molecular weight is 479 g/mol. The van der Waals surface area contributed by atoms with Gasteiger partial charge in [-0.05, 0) is 50.3 Å². The Morgan fingerprint density at radius 1 is 1.11 bits per heavy atom. The number of carbonyl (C=O) groups excluding carboxylic acids is 3. The summed E-state index contributed by atoms with van der Waals surface area (Å²) in [6.45, 7) is 3.90. The quantitative estimate of drug-likeness (QED) is 0.473. The number of piperidine rings is 1. The molecule has 3 fully saturated rings. The minimum Gasteiger partial charge on any atom is -0.381 e. The number of nitrogens with zero attached hydrogens (tertiary/aromatic N) is 3. The van der Waals surface area contributed by atoms with E-state index >= 15 is 0 Å². The lowest BCUT2D eigenvalue weighted by Crippen LogP contribution is -2.55. The van der Waals surface area contributed by atoms with E-state index in [-0.39, 0.29) is 23.3 Å². The Balaban J connectivity index is 1.35. The van der Waals surface area contributed by atoms with Crippen molar-refractivity contribution in [2.45, 2.75) is 44.1 Å². The van der Waals surface area contributed by atoms with Gasteiger partial charge in [0.25, 0.3) is 17.4 Å². The van der Waals surface area contributed by atoms with Crippen molar-refractivity contribution in [3.8, 4) is 0 Å². The zero-order valence-corrected chi connectivity index (χ0v) is 19.3. The van der Waals surface area contributed by atoms with Crippen molar-refractivity contribution >= 4 is 34.4 Å². The van der Waals surface area contributed by atoms with Crippen LogP contribution in [0.5, 0.6) is 0 Å². The molecule has 11 heteroatoms. The van der Waals surface area contributed by atoms with E-state index in [0.717, 1.165) is 29.7 Å². The van der Waals surface area contributed by atoms with Crippen molar-refractivity contribution in [3.63, 3.8) is 0 Å². The second kappa shape index (κ2) is 7.91. The van der Waals surface area contributed by atoms with Gasteiger partial charge in [0.05, 0.1) is 17.2 Å². The lowest BCUT2D eigenvalue weighted by molar-refractivity contribution is -0.125. The first-order valence-corrected chi connectivity index (χ1v) is 11.9. The number of fused-ring (bicyclic) bond motifs is 3. The van der Waals surface area contributed by atoms with E-state index < -0.39 is 11.6 Å². The summed E-state index contributed by atoms with van der Waals surface area (Å²) in [5.74, 6) is 0.543. The van der Waals surface area contributed by atoms with Crippen LogP contribution in [-0.4, -0.2) is 69.0 Å². The van der Waals surface area contributed by atoms with Gasteiger partial charge in [0.2, 0.25) is 0 Å². The third-order valence-electron chi connectivity index (χ3n) is 7.59. The summed E-state index contributed by atoms with van der Waals surface area (Å²) in [6, 6.07) is 3.16. The molecule has 0 unspecified atom stereocenters. The van der Waals surface area contributed by atoms with Gasteiger partial charge in [0, 0.05) is 37.8 Å². The smallest absolute Gasteiger partial charge is 0.322 e. The molecule has 0 saturated carbocycles. The van der Waals surface area contributed by atoms with Gasteiger partial charge >= 0.3 is 6.03 Å². The predicted molar refractivity (Wildman–Crippen MR) is 125 cm³/mol. The van der Waals surface area contributed by atoms with E-state index in [1.54, 1.807) is 17.2 Å². The predicted octanol–water partition coefficient (Wildman–Crippen LogP) is 1.19. The Labute approximate surface area is 199 Å². The van der Waals surface area contributed by atoms with E-state index in [2.05, 4.69) is 20.6 Å². The van der Waals surface area contributed by atoms with E-state index in [9.17, 15) is 19.2 Å². The number of aryl methyl sites for hydroxylation is 1. The van der Waals surface area contributed by atoms with Crippen LogP contribution in [0, 0.1) is 6.92 Å². The largest absolute Gasteiger partial charge is 0.381 e. The maximum absolute atomic E-state index is 13.4. The summed E-state index contributed by atoms with van der Waals surface area (Å²) < 4.78 is 7.41. The molecular formula is C24H26N6O5. The molecule has 0 radical (unpaired) electrons. The fourth-order valence-electron chi connectivity index (χ4n) is 5.56. The fraction of sp³-hybridized carbons (Fsp3) is 0.458. The van der Waals surface area contributed by atoms with Gasteiger partial charge in [-0.15, -0.1) is 0 Å². The number of likely N-dealkylation sites (tertiary alicyclic amines) is 1. The van der Waals surface area contributed by atoms with Crippen molar-refractivity contribution in [2.75, 3.05) is 26.3 Å². The third kappa shape index (κ3) is 3.41. The van der Waals surface area contributed by atoms with Crippen molar-refractivity contribution < 1.29 is 19.1 Å². The fourth-order valence-corrected chi connectivity index (χ4v) is 5.56. The Hall–Kier alpha value is -3.73. The normalized spacial score (nSPS) is 20.5. The summed E-state index contributed by atoms with van der Waals surface area (Å²) in [5, 5.41) is 5.00. The minimum absolute atomic E-state index is 0.166. The summed E-state index contributed by atoms with van der Waals surface area (Å²) in [7, 11) is 0. The van der Waals surface area contributed by atoms with Gasteiger partial charge < -0.3 is 19.9 Å². The Kier molecular flexibility index (Phi) is 4.92. The molecule has 3 aliphatic rings. The van der Waals surface area contributed by atoms with Gasteiger partial charge in [0.15, 0.2) is 0 Å². The Morgan fingerprint density at radius 2 is 1.86 bits per heavy atom. The van der Waals surface area contributed by atoms with Crippen LogP contribution < -0.4 is 16.2 Å². The topological polar surface area (TPSA) is 138 Å². The van der Waals surface area contributed by atoms with Crippen molar-refractivity contribution in [1.29, 1.82) is 0 Å². The molecule has 5 heterocycles. The number of imide groups is 1. The SMILES string of the molecule is Cc1cc2c(cc1C(=O)N1CCC3(CC1)NC(=O)NC3=O)[nH]c(=O)c1cnc(C3CCOCC3)n12. The Morgan fingerprint density at radius 3 is 2.54 bits per heavy atom. The highest BCUT2D eigenvalue weighted by Gasteiger charge is 2.48. The van der Waals surface area contributed by atoms with E-state index in [1.807, 2.05) is 17.4 Å². The molecular weight excluding hydrogens is 452 g/mol. The first kappa shape index (κ1) is 21.8. The number of hydrogen-bond acceptors (Lipinski definition) is 6. The number of hydrogen-bond donors (Lipinski definition) is 3. The molecule has 2 aromatic heterocycles. The van der Waals surface area contributed by atoms with Gasteiger partial charge in [-0.3, -0.25) is 24.1 Å². The molecule has 0 aliphatic carbocycles. The molecule has 1 spiro atoms. The molecule has 11 nitrogen and oxygen atoms in total. The highest BCUT2D eigenvalue weighted by Crippen LogP contribution is 2.30. The molecule has 1 aromatic carbocycles. The number of ether oxygens (including phenoxy) is 1. The maximum Gasteiger partial charge on any atom is 0.322 e. The summed E-state index contributed by atoms with van der Waals surface area (Å²) >= 11 is 0. The van der Waals surface area contributed by atoms with Crippen LogP contribution in [0.1, 0.15) is 53.3 Å². The van der Waals surface area contributed by atoms with Gasteiger partial charge in [0.1, 0.15) is 16.9 Å². The second-order valence-corrected chi connectivity index (χ2v) is 9.64. The highest BCUT2D eigenvalue weighted by atomic mass is 16.5. The number of urea groups is 1. The minimum atomic E-state index is -0.939. The zero-order chi connectivity index (χ0) is 24.3. The number of imidazole rings is 1. The molecule has 3 N–H and O–H groups in total. The first-order valence-electron chi connectivity index (χ1n) is 11.9. The number of benzene rings is 1. The first-order chi connectivity index (χ1) is 16.9. The van der Waals surface area contributed by atoms with Crippen molar-refractivity contribution in [2.24, 2.45) is 0 Å². The molecule has 3 saturated heterocycles. The second-order valence-electron chi connectivity index (χ2n) is 9.64. The standard InChI is InChI=1S/C24H26N6O5/c1-13-10-17-16(26-20(31)18-12-25-19(30(17)18)14-2-8-35-9-3-14)11-15(13)21(32)29-6-4-24(5-7-29)22(33)27-23(34)28-24/h10-12,14H,2-9H2,1H3,(H,26,31)(H2,27,28,33,34). The van der Waals surface area contributed by atoms with Crippen LogP contribution >= 0.6 is 0 Å². The number of amides is 4. The van der Waals surface area contributed by atoms with Crippen LogP contribution in [-0.2, 0) is 9.53 Å². The Bertz CT molecular complexity index is 1440. The molecule has 6 rings (SSSR count). The van der Waals surface area contributed by atoms with Gasteiger partial charge in [-0.25, -0.2) is 9.78 Å². The van der Waals surface area contributed by atoms with E-state index in [4.69, 9.17) is 4.74 Å². The zero-order valence-electron chi connectivity index (χ0n) is 19.3. The van der Waals surface area contributed by atoms with Gasteiger partial charge in [-0.2, -0.15) is 0 Å². The molecule has 4 amide bonds. The third-order valence-corrected chi connectivity index (χ3v) is 7.59. The van der Waals surface area contributed by atoms with Crippen LogP contribution in [0.25, 0.3) is 16.6 Å². The molecule has 0 atom stereocenters. The lowest BCUT2D eigenvalue weighted by Gasteiger charge is -2.37. The van der Waals surface area contributed by atoms with Crippen LogP contribution in [0.15, 0.2) is 23.1 Å². The number of aromatic amines is 1. The monoisotopic (exact) mass is 478 g/mol. The summed E-state index contributed by atoms with van der Waals surface area (Å²) in [4.78, 5) is 59.3. The van der Waals surface area contributed by atoms with Crippen LogP contribution in [0.4, 0.5) is 4.79 Å². The average Bonchev–Trinajstić information content (AvgIpc) is 3.41. The summed E-state index contributed by atoms with van der Waals surface area (Å²) in [5.41, 5.74) is 1.94. The van der Waals surface area contributed by atoms with Crippen LogP contribution in [0.2, 0.25) is 0 Å². The van der Waals surface area contributed by atoms with E-state index in [0.29, 0.717) is 55.7 Å². The van der Waals surface area contributed by atoms with E-state index in [1.165, 1.54) is 0 Å². The molecule has 3 aliphatic heterocycles. The maximum atomic E-state index is 13.4. The molecule has 35 heavy (non-hydrogen) atoms. The molecule has 182 valence electrons. The van der Waals surface area contributed by atoms with Crippen molar-refractivity contribution in [1.82, 2.24) is 29.9 Å². The molecule has 3 aromatic rings. The van der Waals surface area contributed by atoms with Crippen molar-refractivity contribution in [3.05, 3.63) is 45.6 Å². The number of H-pyrrole nitrogens is 1.